The lowest BCUT2D eigenvalue weighted by Gasteiger charge is -2.32. The second-order valence-electron chi connectivity index (χ2n) is 8.95. The summed E-state index contributed by atoms with van der Waals surface area (Å²) in [7, 11) is -2.02. The second kappa shape index (κ2) is 8.27. The van der Waals surface area contributed by atoms with Crippen LogP contribution in [0.15, 0.2) is 29.4 Å². The summed E-state index contributed by atoms with van der Waals surface area (Å²) in [5.41, 5.74) is 1.58. The van der Waals surface area contributed by atoms with Gasteiger partial charge in [-0.1, -0.05) is 0 Å². The molecule has 1 atom stereocenters. The zero-order chi connectivity index (χ0) is 24.2. The average Bonchev–Trinajstić information content (AvgIpc) is 3.38. The van der Waals surface area contributed by atoms with Gasteiger partial charge in [-0.3, -0.25) is 24.4 Å². The Morgan fingerprint density at radius 2 is 1.85 bits per heavy atom. The van der Waals surface area contributed by atoms with Crippen LogP contribution in [0.2, 0.25) is 0 Å². The fourth-order valence-electron chi connectivity index (χ4n) is 5.11. The molecule has 2 saturated heterocycles. The van der Waals surface area contributed by atoms with Gasteiger partial charge in [0.2, 0.25) is 21.8 Å². The number of benzene rings is 1. The van der Waals surface area contributed by atoms with E-state index in [1.165, 1.54) is 38.4 Å². The smallest absolute Gasteiger partial charge is 0.255 e. The number of nitrogens with zero attached hydrogens (tertiary/aromatic N) is 4. The first-order chi connectivity index (χ1) is 16.1. The van der Waals surface area contributed by atoms with Crippen LogP contribution in [0.25, 0.3) is 0 Å². The molecular weight excluding hydrogens is 465 g/mol. The highest BCUT2D eigenvalue weighted by Crippen LogP contribution is 2.38. The fraction of sp³-hybridized carbons (Fsp3) is 0.455. The minimum Gasteiger partial charge on any atom is -0.322 e. The maximum Gasteiger partial charge on any atom is 0.255 e. The molecular formula is C22H24FN5O5S. The predicted molar refractivity (Wildman–Crippen MR) is 116 cm³/mol. The number of imide groups is 1. The summed E-state index contributed by atoms with van der Waals surface area (Å²) in [6, 6.07) is 1.82. The summed E-state index contributed by atoms with van der Waals surface area (Å²) < 4.78 is 43.2. The predicted octanol–water partition coefficient (Wildman–Crippen LogP) is 0.889. The van der Waals surface area contributed by atoms with E-state index in [0.29, 0.717) is 24.0 Å². The Balaban J connectivity index is 1.36. The van der Waals surface area contributed by atoms with Crippen LogP contribution in [-0.2, 0) is 33.2 Å². The average molecular weight is 490 g/mol. The number of hydrogen-bond donors (Lipinski definition) is 1. The first-order valence-corrected chi connectivity index (χ1v) is 12.5. The van der Waals surface area contributed by atoms with E-state index in [1.807, 2.05) is 0 Å². The molecule has 4 heterocycles. The molecule has 12 heteroatoms. The minimum atomic E-state index is -3.67. The summed E-state index contributed by atoms with van der Waals surface area (Å²) in [5, 5.41) is 6.20. The Hall–Kier alpha value is -3.12. The van der Waals surface area contributed by atoms with Gasteiger partial charge in [0, 0.05) is 44.9 Å². The summed E-state index contributed by atoms with van der Waals surface area (Å²) >= 11 is 0. The molecule has 3 amide bonds. The van der Waals surface area contributed by atoms with Gasteiger partial charge in [0.15, 0.2) is 0 Å². The highest BCUT2D eigenvalue weighted by molar-refractivity contribution is 7.89. The van der Waals surface area contributed by atoms with Crippen molar-refractivity contribution in [3.63, 3.8) is 0 Å². The number of fused-ring (bicyclic) bond motifs is 1. The number of rotatable bonds is 4. The molecule has 10 nitrogen and oxygen atoms in total. The normalized spacial score (nSPS) is 22.2. The van der Waals surface area contributed by atoms with Gasteiger partial charge >= 0.3 is 0 Å². The van der Waals surface area contributed by atoms with Crippen molar-refractivity contribution in [1.82, 2.24) is 24.3 Å². The van der Waals surface area contributed by atoms with Crippen LogP contribution < -0.4 is 5.32 Å². The standard InChI is InChI=1S/C22H24FN5O5S/c1-26-11-15(10-24-26)34(32,33)27-6-4-13(5-7-27)16-8-14(23)9-17-18(16)12-28(22(17)31)19-2-3-20(29)25-21(19)30/h8-11,13,19H,2-7,12H2,1H3,(H,25,29,30). The Kier molecular flexibility index (Phi) is 5.52. The number of sulfonamides is 1. The molecule has 1 N–H and O–H groups in total. The van der Waals surface area contributed by atoms with E-state index >= 15 is 0 Å². The number of piperidine rings is 2. The number of nitrogens with one attached hydrogen (secondary N) is 1. The number of aryl methyl sites for hydroxylation is 1. The van der Waals surface area contributed by atoms with Crippen molar-refractivity contribution in [2.75, 3.05) is 13.1 Å². The van der Waals surface area contributed by atoms with Gasteiger partial charge in [-0.25, -0.2) is 12.8 Å². The molecule has 3 aliphatic heterocycles. The summed E-state index contributed by atoms with van der Waals surface area (Å²) in [6.45, 7) is 0.681. The van der Waals surface area contributed by atoms with Gasteiger partial charge in [-0.05, 0) is 48.4 Å². The molecule has 0 saturated carbocycles. The molecule has 3 aliphatic rings. The molecule has 5 rings (SSSR count). The van der Waals surface area contributed by atoms with Gasteiger partial charge in [0.1, 0.15) is 16.8 Å². The van der Waals surface area contributed by atoms with Crippen molar-refractivity contribution in [3.05, 3.63) is 47.0 Å². The molecule has 0 spiro atoms. The monoisotopic (exact) mass is 489 g/mol. The van der Waals surface area contributed by atoms with Crippen LogP contribution in [0.5, 0.6) is 0 Å². The van der Waals surface area contributed by atoms with E-state index in [4.69, 9.17) is 0 Å². The lowest BCUT2D eigenvalue weighted by Crippen LogP contribution is -2.52. The first-order valence-electron chi connectivity index (χ1n) is 11.1. The Bertz CT molecular complexity index is 1300. The number of carbonyl (C=O) groups is 3. The van der Waals surface area contributed by atoms with E-state index in [-0.39, 0.29) is 54.8 Å². The van der Waals surface area contributed by atoms with Crippen LogP contribution in [0, 0.1) is 5.82 Å². The van der Waals surface area contributed by atoms with Crippen molar-refractivity contribution < 1.29 is 27.2 Å². The van der Waals surface area contributed by atoms with Crippen LogP contribution in [0.4, 0.5) is 4.39 Å². The van der Waals surface area contributed by atoms with Crippen molar-refractivity contribution in [1.29, 1.82) is 0 Å². The van der Waals surface area contributed by atoms with E-state index in [2.05, 4.69) is 10.4 Å². The lowest BCUT2D eigenvalue weighted by molar-refractivity contribution is -0.136. The SMILES string of the molecule is Cn1cc(S(=O)(=O)N2CCC(c3cc(F)cc4c3CN(C3CCC(=O)NC3=O)C4=O)CC2)cn1. The molecule has 34 heavy (non-hydrogen) atoms. The Morgan fingerprint density at radius 1 is 1.12 bits per heavy atom. The highest BCUT2D eigenvalue weighted by Gasteiger charge is 2.41. The quantitative estimate of drug-likeness (QED) is 0.637. The van der Waals surface area contributed by atoms with Gasteiger partial charge in [0.25, 0.3) is 5.91 Å². The molecule has 0 radical (unpaired) electrons. The van der Waals surface area contributed by atoms with Crippen molar-refractivity contribution in [2.45, 2.75) is 49.1 Å². The molecule has 2 aromatic rings. The molecule has 1 aromatic carbocycles. The lowest BCUT2D eigenvalue weighted by atomic mass is 9.86. The number of halogens is 1. The largest absolute Gasteiger partial charge is 0.322 e. The Morgan fingerprint density at radius 3 is 2.50 bits per heavy atom. The topological polar surface area (TPSA) is 122 Å². The van der Waals surface area contributed by atoms with Crippen LogP contribution in [-0.4, -0.2) is 64.3 Å². The van der Waals surface area contributed by atoms with E-state index in [0.717, 1.165) is 0 Å². The van der Waals surface area contributed by atoms with Crippen molar-refractivity contribution in [3.8, 4) is 0 Å². The minimum absolute atomic E-state index is 0.126. The van der Waals surface area contributed by atoms with E-state index < -0.39 is 33.7 Å². The zero-order valence-electron chi connectivity index (χ0n) is 18.5. The van der Waals surface area contributed by atoms with Crippen molar-refractivity contribution in [2.24, 2.45) is 7.05 Å². The van der Waals surface area contributed by atoms with Gasteiger partial charge in [-0.15, -0.1) is 0 Å². The third-order valence-corrected chi connectivity index (χ3v) is 8.72. The molecule has 0 bridgehead atoms. The maximum absolute atomic E-state index is 14.5. The number of carbonyl (C=O) groups excluding carboxylic acids is 3. The van der Waals surface area contributed by atoms with Crippen LogP contribution >= 0.6 is 0 Å². The molecule has 1 aromatic heterocycles. The van der Waals surface area contributed by atoms with Gasteiger partial charge < -0.3 is 4.90 Å². The van der Waals surface area contributed by atoms with Crippen LogP contribution in [0.3, 0.4) is 0 Å². The van der Waals surface area contributed by atoms with Crippen molar-refractivity contribution >= 4 is 27.7 Å². The number of amides is 3. The van der Waals surface area contributed by atoms with E-state index in [1.54, 1.807) is 7.05 Å². The summed E-state index contributed by atoms with van der Waals surface area (Å²) in [4.78, 5) is 38.4. The van der Waals surface area contributed by atoms with Gasteiger partial charge in [-0.2, -0.15) is 9.40 Å². The number of aromatic nitrogens is 2. The summed E-state index contributed by atoms with van der Waals surface area (Å²) in [5.74, 6) is -1.99. The number of hydrogen-bond acceptors (Lipinski definition) is 6. The maximum atomic E-state index is 14.5. The molecule has 2 fully saturated rings. The fourth-order valence-corrected chi connectivity index (χ4v) is 6.56. The first kappa shape index (κ1) is 22.7. The molecule has 180 valence electrons. The third-order valence-electron chi connectivity index (χ3n) is 6.87. The molecule has 0 aliphatic carbocycles. The Labute approximate surface area is 195 Å². The second-order valence-corrected chi connectivity index (χ2v) is 10.9. The van der Waals surface area contributed by atoms with E-state index in [9.17, 15) is 27.2 Å². The zero-order valence-corrected chi connectivity index (χ0v) is 19.3. The third kappa shape index (κ3) is 3.80. The van der Waals surface area contributed by atoms with Crippen LogP contribution in [0.1, 0.15) is 53.1 Å². The highest BCUT2D eigenvalue weighted by atomic mass is 32.2. The molecule has 1 unspecified atom stereocenters. The summed E-state index contributed by atoms with van der Waals surface area (Å²) in [6.07, 6.45) is 4.09. The van der Waals surface area contributed by atoms with Gasteiger partial charge in [0.05, 0.1) is 6.20 Å².